The molecule has 1 unspecified atom stereocenters. The summed E-state index contributed by atoms with van der Waals surface area (Å²) in [6, 6.07) is 6.05. The van der Waals surface area contributed by atoms with Gasteiger partial charge in [-0.3, -0.25) is 9.59 Å². The van der Waals surface area contributed by atoms with Crippen molar-refractivity contribution in [2.24, 2.45) is 0 Å². The minimum atomic E-state index is -0.427. The number of likely N-dealkylation sites (tertiary alicyclic amines) is 1. The lowest BCUT2D eigenvalue weighted by molar-refractivity contribution is -0.143. The predicted molar refractivity (Wildman–Crippen MR) is 77.0 cm³/mol. The molecule has 1 atom stereocenters. The number of ether oxygens (including phenoxy) is 1. The first-order chi connectivity index (χ1) is 10.1. The molecule has 6 nitrogen and oxygen atoms in total. The number of hydrogen-bond donors (Lipinski definition) is 2. The third-order valence-electron chi connectivity index (χ3n) is 3.59. The number of phenols is 1. The Morgan fingerprint density at radius 3 is 2.86 bits per heavy atom. The number of carbonyl (C=O) groups is 2. The van der Waals surface area contributed by atoms with Crippen molar-refractivity contribution in [2.75, 3.05) is 20.2 Å². The first-order valence-electron chi connectivity index (χ1n) is 7.05. The van der Waals surface area contributed by atoms with Crippen LogP contribution in [0, 0.1) is 0 Å². The second-order valence-electron chi connectivity index (χ2n) is 4.97. The van der Waals surface area contributed by atoms with Gasteiger partial charge in [0.05, 0.1) is 0 Å². The molecule has 2 rings (SSSR count). The normalized spacial score (nSPS) is 18.1. The van der Waals surface area contributed by atoms with Crippen LogP contribution < -0.4 is 10.1 Å². The maximum Gasteiger partial charge on any atom is 0.261 e. The van der Waals surface area contributed by atoms with E-state index in [2.05, 4.69) is 5.32 Å². The lowest BCUT2D eigenvalue weighted by Gasteiger charge is -2.34. The predicted octanol–water partition coefficient (Wildman–Crippen LogP) is 0.898. The number of likely N-dealkylation sites (N-methyl/N-ethyl adjacent to an activating group) is 1. The lowest BCUT2D eigenvalue weighted by Crippen LogP contribution is -2.52. The smallest absolute Gasteiger partial charge is 0.261 e. The Labute approximate surface area is 123 Å². The van der Waals surface area contributed by atoms with Crippen molar-refractivity contribution in [3.63, 3.8) is 0 Å². The summed E-state index contributed by atoms with van der Waals surface area (Å²) >= 11 is 0. The number of para-hydroxylation sites is 2. The highest BCUT2D eigenvalue weighted by molar-refractivity contribution is 5.88. The molecule has 0 radical (unpaired) electrons. The van der Waals surface area contributed by atoms with Gasteiger partial charge >= 0.3 is 0 Å². The topological polar surface area (TPSA) is 78.9 Å². The van der Waals surface area contributed by atoms with Crippen molar-refractivity contribution < 1.29 is 19.4 Å². The number of amides is 2. The molecule has 6 heteroatoms. The van der Waals surface area contributed by atoms with Crippen LogP contribution in [0.4, 0.5) is 0 Å². The molecule has 1 aliphatic rings. The molecule has 0 spiro atoms. The van der Waals surface area contributed by atoms with Gasteiger partial charge in [0.2, 0.25) is 5.91 Å². The quantitative estimate of drug-likeness (QED) is 0.864. The zero-order chi connectivity index (χ0) is 15.2. The van der Waals surface area contributed by atoms with Gasteiger partial charge in [0.1, 0.15) is 6.04 Å². The van der Waals surface area contributed by atoms with E-state index in [1.807, 2.05) is 0 Å². The molecule has 1 aromatic rings. The van der Waals surface area contributed by atoms with Crippen LogP contribution in [0.3, 0.4) is 0 Å². The fourth-order valence-electron chi connectivity index (χ4n) is 2.47. The highest BCUT2D eigenvalue weighted by Crippen LogP contribution is 2.24. The largest absolute Gasteiger partial charge is 0.504 e. The molecular formula is C15H20N2O4. The monoisotopic (exact) mass is 292 g/mol. The van der Waals surface area contributed by atoms with E-state index < -0.39 is 6.04 Å². The highest BCUT2D eigenvalue weighted by atomic mass is 16.5. The van der Waals surface area contributed by atoms with Crippen molar-refractivity contribution in [3.05, 3.63) is 24.3 Å². The maximum absolute atomic E-state index is 12.3. The lowest BCUT2D eigenvalue weighted by atomic mass is 10.0. The molecule has 21 heavy (non-hydrogen) atoms. The zero-order valence-corrected chi connectivity index (χ0v) is 12.0. The molecule has 2 N–H and O–H groups in total. The molecule has 1 heterocycles. The van der Waals surface area contributed by atoms with Gasteiger partial charge < -0.3 is 20.1 Å². The Balaban J connectivity index is 1.98. The van der Waals surface area contributed by atoms with Crippen LogP contribution in [0.5, 0.6) is 11.5 Å². The molecule has 0 aliphatic carbocycles. The molecule has 1 aliphatic heterocycles. The summed E-state index contributed by atoms with van der Waals surface area (Å²) < 4.78 is 5.34. The van der Waals surface area contributed by atoms with E-state index in [0.29, 0.717) is 13.0 Å². The summed E-state index contributed by atoms with van der Waals surface area (Å²) in [6.07, 6.45) is 2.49. The van der Waals surface area contributed by atoms with Crippen molar-refractivity contribution in [3.8, 4) is 11.5 Å². The number of nitrogens with one attached hydrogen (secondary N) is 1. The van der Waals surface area contributed by atoms with Crippen LogP contribution in [0.1, 0.15) is 19.3 Å². The second-order valence-corrected chi connectivity index (χ2v) is 4.97. The Morgan fingerprint density at radius 1 is 1.38 bits per heavy atom. The highest BCUT2D eigenvalue weighted by Gasteiger charge is 2.31. The van der Waals surface area contributed by atoms with Gasteiger partial charge in [0.25, 0.3) is 5.91 Å². The number of hydrogen-bond acceptors (Lipinski definition) is 4. The van der Waals surface area contributed by atoms with Crippen LogP contribution in [0.15, 0.2) is 24.3 Å². The van der Waals surface area contributed by atoms with E-state index >= 15 is 0 Å². The molecule has 0 aromatic heterocycles. The molecule has 114 valence electrons. The molecule has 0 saturated carbocycles. The SMILES string of the molecule is CNC(=O)C1CCCCN1C(=O)COc1ccccc1O. The molecule has 0 bridgehead atoms. The first kappa shape index (κ1) is 15.2. The van der Waals surface area contributed by atoms with E-state index in [9.17, 15) is 14.7 Å². The van der Waals surface area contributed by atoms with Gasteiger partial charge in [0.15, 0.2) is 18.1 Å². The number of nitrogens with zero attached hydrogens (tertiary/aromatic N) is 1. The average Bonchev–Trinajstić information content (AvgIpc) is 2.53. The average molecular weight is 292 g/mol. The number of benzene rings is 1. The molecular weight excluding hydrogens is 272 g/mol. The molecule has 2 amide bonds. The van der Waals surface area contributed by atoms with Crippen LogP contribution in [0.25, 0.3) is 0 Å². The summed E-state index contributed by atoms with van der Waals surface area (Å²) in [6.45, 7) is 0.367. The Bertz CT molecular complexity index is 518. The van der Waals surface area contributed by atoms with Gasteiger partial charge in [-0.25, -0.2) is 0 Å². The van der Waals surface area contributed by atoms with Crippen molar-refractivity contribution in [1.29, 1.82) is 0 Å². The zero-order valence-electron chi connectivity index (χ0n) is 12.0. The summed E-state index contributed by atoms with van der Waals surface area (Å²) in [7, 11) is 1.57. The van der Waals surface area contributed by atoms with Gasteiger partial charge in [-0.1, -0.05) is 12.1 Å². The Morgan fingerprint density at radius 2 is 2.14 bits per heavy atom. The minimum absolute atomic E-state index is 0.00760. The minimum Gasteiger partial charge on any atom is -0.504 e. The molecule has 1 fully saturated rings. The van der Waals surface area contributed by atoms with Crippen LogP contribution in [-0.4, -0.2) is 48.1 Å². The van der Waals surface area contributed by atoms with Crippen LogP contribution >= 0.6 is 0 Å². The standard InChI is InChI=1S/C15H20N2O4/c1-16-15(20)11-6-4-5-9-17(11)14(19)10-21-13-8-3-2-7-12(13)18/h2-3,7-8,11,18H,4-6,9-10H2,1H3,(H,16,20). The summed E-state index contributed by atoms with van der Waals surface area (Å²) in [5, 5.41) is 12.2. The van der Waals surface area contributed by atoms with Gasteiger partial charge in [0, 0.05) is 13.6 Å². The summed E-state index contributed by atoms with van der Waals surface area (Å²) in [5.74, 6) is -0.136. The maximum atomic E-state index is 12.3. The fourth-order valence-corrected chi connectivity index (χ4v) is 2.47. The van der Waals surface area contributed by atoms with E-state index in [1.54, 1.807) is 30.1 Å². The van der Waals surface area contributed by atoms with E-state index in [1.165, 1.54) is 6.07 Å². The van der Waals surface area contributed by atoms with Crippen LogP contribution in [-0.2, 0) is 9.59 Å². The third kappa shape index (κ3) is 3.65. The van der Waals surface area contributed by atoms with Crippen molar-refractivity contribution >= 4 is 11.8 Å². The summed E-state index contributed by atoms with van der Waals surface area (Å²) in [4.78, 5) is 25.6. The number of rotatable bonds is 4. The number of carbonyl (C=O) groups excluding carboxylic acids is 2. The number of piperidine rings is 1. The third-order valence-corrected chi connectivity index (χ3v) is 3.59. The van der Waals surface area contributed by atoms with Crippen molar-refractivity contribution in [1.82, 2.24) is 10.2 Å². The van der Waals surface area contributed by atoms with Crippen molar-refractivity contribution in [2.45, 2.75) is 25.3 Å². The Hall–Kier alpha value is -2.24. The van der Waals surface area contributed by atoms with Gasteiger partial charge in [-0.15, -0.1) is 0 Å². The number of phenolic OH excluding ortho intramolecular Hbond substituents is 1. The molecule has 1 saturated heterocycles. The first-order valence-corrected chi connectivity index (χ1v) is 7.05. The molecule has 1 aromatic carbocycles. The van der Waals surface area contributed by atoms with Gasteiger partial charge in [-0.05, 0) is 31.4 Å². The number of aromatic hydroxyl groups is 1. The van der Waals surface area contributed by atoms with E-state index in [0.717, 1.165) is 12.8 Å². The second kappa shape index (κ2) is 6.97. The van der Waals surface area contributed by atoms with E-state index in [-0.39, 0.29) is 29.9 Å². The fraction of sp³-hybridized carbons (Fsp3) is 0.467. The Kier molecular flexibility index (Phi) is 5.03. The summed E-state index contributed by atoms with van der Waals surface area (Å²) in [5.41, 5.74) is 0. The van der Waals surface area contributed by atoms with Crippen LogP contribution in [0.2, 0.25) is 0 Å². The van der Waals surface area contributed by atoms with Gasteiger partial charge in [-0.2, -0.15) is 0 Å². The van der Waals surface area contributed by atoms with E-state index in [4.69, 9.17) is 4.74 Å².